The third kappa shape index (κ3) is 4.26. The maximum atomic E-state index is 3.64. The summed E-state index contributed by atoms with van der Waals surface area (Å²) in [6.45, 7) is 12.7. The molecule has 0 aliphatic carbocycles. The predicted octanol–water partition coefficient (Wildman–Crippen LogP) is 4.75. The molecule has 1 aromatic carbocycles. The Morgan fingerprint density at radius 1 is 1.25 bits per heavy atom. The summed E-state index contributed by atoms with van der Waals surface area (Å²) in [5.74, 6) is 0.733. The number of hydrogen-bond acceptors (Lipinski definition) is 2. The van der Waals surface area contributed by atoms with Gasteiger partial charge < -0.3 is 5.32 Å². The van der Waals surface area contributed by atoms with Gasteiger partial charge in [0.2, 0.25) is 0 Å². The highest BCUT2D eigenvalue weighted by atomic mass is 32.2. The molecule has 0 bridgehead atoms. The Morgan fingerprint density at radius 2 is 1.95 bits per heavy atom. The number of nitrogens with one attached hydrogen (secondary N) is 1. The molecule has 1 aliphatic rings. The molecular weight excluding hydrogens is 262 g/mol. The van der Waals surface area contributed by atoms with Crippen LogP contribution in [0.25, 0.3) is 0 Å². The van der Waals surface area contributed by atoms with Crippen LogP contribution in [0.15, 0.2) is 29.2 Å². The van der Waals surface area contributed by atoms with Gasteiger partial charge in [-0.15, -0.1) is 11.8 Å². The van der Waals surface area contributed by atoms with Crippen molar-refractivity contribution in [3.8, 4) is 0 Å². The zero-order valence-corrected chi connectivity index (χ0v) is 14.4. The molecular formula is C18H29NS. The fourth-order valence-electron chi connectivity index (χ4n) is 2.82. The topological polar surface area (TPSA) is 12.0 Å². The molecule has 20 heavy (non-hydrogen) atoms. The number of thioether (sulfide) groups is 1. The number of rotatable bonds is 5. The lowest BCUT2D eigenvalue weighted by Crippen LogP contribution is -2.36. The summed E-state index contributed by atoms with van der Waals surface area (Å²) < 4.78 is 0. The molecule has 112 valence electrons. The van der Waals surface area contributed by atoms with E-state index >= 15 is 0 Å². The Balaban J connectivity index is 1.96. The first-order chi connectivity index (χ1) is 9.36. The highest BCUT2D eigenvalue weighted by Gasteiger charge is 2.30. The molecule has 1 N–H and O–H groups in total. The van der Waals surface area contributed by atoms with Crippen molar-refractivity contribution >= 4 is 11.8 Å². The lowest BCUT2D eigenvalue weighted by Gasteiger charge is -2.33. The van der Waals surface area contributed by atoms with Crippen LogP contribution < -0.4 is 5.32 Å². The summed E-state index contributed by atoms with van der Waals surface area (Å²) in [5, 5.41) is 4.39. The van der Waals surface area contributed by atoms with Crippen molar-refractivity contribution in [2.45, 2.75) is 63.6 Å². The molecule has 2 unspecified atom stereocenters. The Hall–Kier alpha value is -0.470. The van der Waals surface area contributed by atoms with Gasteiger partial charge in [0, 0.05) is 16.2 Å². The molecule has 1 aliphatic heterocycles. The molecule has 1 heterocycles. The van der Waals surface area contributed by atoms with Crippen molar-refractivity contribution in [3.05, 3.63) is 29.8 Å². The zero-order valence-electron chi connectivity index (χ0n) is 13.6. The van der Waals surface area contributed by atoms with Crippen molar-refractivity contribution < 1.29 is 0 Å². The Labute approximate surface area is 128 Å². The second-order valence-electron chi connectivity index (χ2n) is 7.41. The van der Waals surface area contributed by atoms with E-state index in [0.29, 0.717) is 11.5 Å². The van der Waals surface area contributed by atoms with Crippen LogP contribution in [-0.4, -0.2) is 17.8 Å². The van der Waals surface area contributed by atoms with Gasteiger partial charge in [-0.05, 0) is 42.3 Å². The van der Waals surface area contributed by atoms with Crippen LogP contribution in [0.5, 0.6) is 0 Å². The predicted molar refractivity (Wildman–Crippen MR) is 90.5 cm³/mol. The van der Waals surface area contributed by atoms with Crippen molar-refractivity contribution in [1.82, 2.24) is 5.32 Å². The number of fused-ring (bicyclic) bond motifs is 1. The molecule has 0 radical (unpaired) electrons. The average molecular weight is 292 g/mol. The van der Waals surface area contributed by atoms with Crippen LogP contribution in [0.4, 0.5) is 0 Å². The molecule has 0 saturated carbocycles. The lowest BCUT2D eigenvalue weighted by atomic mass is 9.77. The van der Waals surface area contributed by atoms with Crippen LogP contribution in [0.2, 0.25) is 0 Å². The van der Waals surface area contributed by atoms with E-state index in [1.807, 2.05) is 0 Å². The standard InChI is InChI=1S/C18H29NS/c1-13(2)19-12-15(18(3,4)5)11-16-10-14-8-6-7-9-17(14)20-16/h6-9,13,15-16,19H,10-12H2,1-5H3. The van der Waals surface area contributed by atoms with E-state index in [1.54, 1.807) is 5.56 Å². The van der Waals surface area contributed by atoms with E-state index in [-0.39, 0.29) is 0 Å². The first-order valence-electron chi connectivity index (χ1n) is 7.84. The Bertz CT molecular complexity index is 408. The fraction of sp³-hybridized carbons (Fsp3) is 0.667. The highest BCUT2D eigenvalue weighted by molar-refractivity contribution is 8.00. The second-order valence-corrected chi connectivity index (χ2v) is 8.76. The minimum atomic E-state index is 0.372. The summed E-state index contributed by atoms with van der Waals surface area (Å²) in [4.78, 5) is 1.50. The average Bonchev–Trinajstić information content (AvgIpc) is 2.75. The molecule has 0 spiro atoms. The molecule has 2 rings (SSSR count). The van der Waals surface area contributed by atoms with E-state index in [1.165, 1.54) is 17.7 Å². The van der Waals surface area contributed by atoms with Gasteiger partial charge in [0.25, 0.3) is 0 Å². The SMILES string of the molecule is CC(C)NCC(CC1Cc2ccccc2S1)C(C)(C)C. The molecule has 0 fully saturated rings. The van der Waals surface area contributed by atoms with E-state index in [9.17, 15) is 0 Å². The Morgan fingerprint density at radius 3 is 2.55 bits per heavy atom. The Kier molecular flexibility index (Phi) is 5.19. The van der Waals surface area contributed by atoms with E-state index in [4.69, 9.17) is 0 Å². The van der Waals surface area contributed by atoms with Crippen LogP contribution in [0, 0.1) is 11.3 Å². The van der Waals surface area contributed by atoms with Crippen molar-refractivity contribution in [2.24, 2.45) is 11.3 Å². The van der Waals surface area contributed by atoms with Gasteiger partial charge in [-0.25, -0.2) is 0 Å². The van der Waals surface area contributed by atoms with Gasteiger partial charge in [-0.1, -0.05) is 52.8 Å². The van der Waals surface area contributed by atoms with Crippen molar-refractivity contribution in [2.75, 3.05) is 6.54 Å². The van der Waals surface area contributed by atoms with Crippen molar-refractivity contribution in [1.29, 1.82) is 0 Å². The largest absolute Gasteiger partial charge is 0.314 e. The summed E-state index contributed by atoms with van der Waals surface area (Å²) >= 11 is 2.09. The first-order valence-corrected chi connectivity index (χ1v) is 8.72. The van der Waals surface area contributed by atoms with E-state index in [0.717, 1.165) is 17.7 Å². The minimum absolute atomic E-state index is 0.372. The maximum Gasteiger partial charge on any atom is 0.0139 e. The summed E-state index contributed by atoms with van der Waals surface area (Å²) in [6, 6.07) is 9.48. The fourth-order valence-corrected chi connectivity index (χ4v) is 4.23. The number of hydrogen-bond donors (Lipinski definition) is 1. The lowest BCUT2D eigenvalue weighted by molar-refractivity contribution is 0.213. The smallest absolute Gasteiger partial charge is 0.0139 e. The van der Waals surface area contributed by atoms with Crippen molar-refractivity contribution in [3.63, 3.8) is 0 Å². The molecule has 0 amide bonds. The van der Waals surface area contributed by atoms with Gasteiger partial charge in [-0.3, -0.25) is 0 Å². The first kappa shape index (κ1) is 15.9. The highest BCUT2D eigenvalue weighted by Crippen LogP contribution is 2.42. The third-order valence-corrected chi connectivity index (χ3v) is 5.60. The van der Waals surface area contributed by atoms with Gasteiger partial charge in [0.1, 0.15) is 0 Å². The minimum Gasteiger partial charge on any atom is -0.314 e. The van der Waals surface area contributed by atoms with Gasteiger partial charge in [0.15, 0.2) is 0 Å². The third-order valence-electron chi connectivity index (χ3n) is 4.26. The van der Waals surface area contributed by atoms with Crippen LogP contribution in [0.3, 0.4) is 0 Å². The second kappa shape index (κ2) is 6.53. The molecule has 0 saturated heterocycles. The maximum absolute atomic E-state index is 3.64. The van der Waals surface area contributed by atoms with E-state index in [2.05, 4.69) is 76.0 Å². The summed E-state index contributed by atoms with van der Waals surface area (Å²) in [7, 11) is 0. The summed E-state index contributed by atoms with van der Waals surface area (Å²) in [5.41, 5.74) is 1.92. The molecule has 0 aromatic heterocycles. The quantitative estimate of drug-likeness (QED) is 0.840. The van der Waals surface area contributed by atoms with Crippen LogP contribution >= 0.6 is 11.8 Å². The molecule has 1 nitrogen and oxygen atoms in total. The van der Waals surface area contributed by atoms with Crippen LogP contribution in [0.1, 0.15) is 46.6 Å². The number of benzene rings is 1. The normalized spacial score (nSPS) is 20.2. The zero-order chi connectivity index (χ0) is 14.8. The van der Waals surface area contributed by atoms with Gasteiger partial charge >= 0.3 is 0 Å². The summed E-state index contributed by atoms with van der Waals surface area (Å²) in [6.07, 6.45) is 2.55. The molecule has 2 heteroatoms. The monoisotopic (exact) mass is 291 g/mol. The van der Waals surface area contributed by atoms with E-state index < -0.39 is 0 Å². The van der Waals surface area contributed by atoms with Gasteiger partial charge in [0.05, 0.1) is 0 Å². The van der Waals surface area contributed by atoms with Gasteiger partial charge in [-0.2, -0.15) is 0 Å². The molecule has 1 aromatic rings. The molecule has 2 atom stereocenters. The van der Waals surface area contributed by atoms with Crippen LogP contribution in [-0.2, 0) is 6.42 Å².